The third-order valence-corrected chi connectivity index (χ3v) is 4.87. The zero-order chi connectivity index (χ0) is 23.3. The second-order valence-electron chi connectivity index (χ2n) is 7.40. The standard InChI is InChI=1S/C22H24F3N3O4/c1-3-31-9-8-19(15-4-6-18(7-5-15)32-22(23,24)25)27-21(30)28-13-17(29)11-16-10-14(2)12-26-20(16)28/h4-7,10,12,19H,3,8-9,11,13H2,1-2H3,(H,27,30). The van der Waals surface area contributed by atoms with Gasteiger partial charge in [0, 0.05) is 31.4 Å². The van der Waals surface area contributed by atoms with Gasteiger partial charge in [-0.2, -0.15) is 0 Å². The molecule has 0 saturated carbocycles. The van der Waals surface area contributed by atoms with Gasteiger partial charge in [0.15, 0.2) is 5.78 Å². The Morgan fingerprint density at radius 2 is 2.00 bits per heavy atom. The molecule has 0 spiro atoms. The molecule has 1 aliphatic rings. The van der Waals surface area contributed by atoms with E-state index < -0.39 is 18.4 Å². The van der Waals surface area contributed by atoms with E-state index in [0.717, 1.165) is 5.56 Å². The number of nitrogens with one attached hydrogen (secondary N) is 1. The Balaban J connectivity index is 1.80. The molecular formula is C22H24F3N3O4. The SMILES string of the molecule is CCOCCC(NC(=O)N1CC(=O)Cc2cc(C)cnc21)c1ccc(OC(F)(F)F)cc1. The molecule has 0 fully saturated rings. The zero-order valence-corrected chi connectivity index (χ0v) is 17.7. The van der Waals surface area contributed by atoms with E-state index in [1.807, 2.05) is 19.9 Å². The van der Waals surface area contributed by atoms with E-state index in [9.17, 15) is 22.8 Å². The van der Waals surface area contributed by atoms with Gasteiger partial charge in [-0.1, -0.05) is 18.2 Å². The normalized spacial score (nSPS) is 14.7. The van der Waals surface area contributed by atoms with Crippen molar-refractivity contribution in [1.29, 1.82) is 0 Å². The third kappa shape index (κ3) is 6.19. The molecule has 2 aromatic rings. The number of aryl methyl sites for hydroxylation is 1. The van der Waals surface area contributed by atoms with Crippen molar-refractivity contribution in [2.75, 3.05) is 24.7 Å². The van der Waals surface area contributed by atoms with E-state index in [4.69, 9.17) is 4.74 Å². The van der Waals surface area contributed by atoms with Crippen LogP contribution < -0.4 is 15.0 Å². The van der Waals surface area contributed by atoms with Crippen molar-refractivity contribution >= 4 is 17.6 Å². The number of urea groups is 1. The second kappa shape index (κ2) is 9.99. The van der Waals surface area contributed by atoms with Gasteiger partial charge in [0.25, 0.3) is 0 Å². The van der Waals surface area contributed by atoms with Crippen LogP contribution in [0.2, 0.25) is 0 Å². The lowest BCUT2D eigenvalue weighted by atomic mass is 10.0. The molecule has 1 aromatic carbocycles. The number of ketones is 1. The van der Waals surface area contributed by atoms with Crippen LogP contribution in [0.1, 0.15) is 36.1 Å². The number of hydrogen-bond acceptors (Lipinski definition) is 5. The fourth-order valence-corrected chi connectivity index (χ4v) is 3.48. The summed E-state index contributed by atoms with van der Waals surface area (Å²) in [6.07, 6.45) is -2.57. The Morgan fingerprint density at radius 1 is 1.28 bits per heavy atom. The summed E-state index contributed by atoms with van der Waals surface area (Å²) in [6.45, 7) is 4.39. The van der Waals surface area contributed by atoms with E-state index in [2.05, 4.69) is 15.0 Å². The Hall–Kier alpha value is -3.14. The molecule has 1 unspecified atom stereocenters. The Kier molecular flexibility index (Phi) is 7.34. The van der Waals surface area contributed by atoms with Crippen molar-refractivity contribution in [3.8, 4) is 5.75 Å². The largest absolute Gasteiger partial charge is 0.573 e. The highest BCUT2D eigenvalue weighted by Gasteiger charge is 2.32. The molecule has 2 amide bonds. The number of carbonyl (C=O) groups excluding carboxylic acids is 2. The molecule has 1 aliphatic heterocycles. The monoisotopic (exact) mass is 451 g/mol. The summed E-state index contributed by atoms with van der Waals surface area (Å²) < 4.78 is 46.6. The van der Waals surface area contributed by atoms with Gasteiger partial charge in [0.05, 0.1) is 12.6 Å². The second-order valence-corrected chi connectivity index (χ2v) is 7.40. The molecule has 1 aromatic heterocycles. The van der Waals surface area contributed by atoms with Gasteiger partial charge in [-0.15, -0.1) is 13.2 Å². The predicted molar refractivity (Wildman–Crippen MR) is 111 cm³/mol. The minimum absolute atomic E-state index is 0.106. The summed E-state index contributed by atoms with van der Waals surface area (Å²) in [5.41, 5.74) is 2.14. The molecule has 0 aliphatic carbocycles. The van der Waals surface area contributed by atoms with Gasteiger partial charge in [0.1, 0.15) is 11.6 Å². The zero-order valence-electron chi connectivity index (χ0n) is 17.7. The molecule has 0 radical (unpaired) electrons. The molecule has 3 rings (SSSR count). The average Bonchev–Trinajstić information content (AvgIpc) is 2.71. The third-order valence-electron chi connectivity index (χ3n) is 4.87. The van der Waals surface area contributed by atoms with E-state index in [-0.39, 0.29) is 24.5 Å². The van der Waals surface area contributed by atoms with Crippen LogP contribution in [0.3, 0.4) is 0 Å². The first kappa shape index (κ1) is 23.5. The van der Waals surface area contributed by atoms with Crippen LogP contribution in [-0.4, -0.2) is 42.9 Å². The number of rotatable bonds is 7. The molecule has 2 heterocycles. The maximum atomic E-state index is 13.1. The van der Waals surface area contributed by atoms with Crippen molar-refractivity contribution in [1.82, 2.24) is 10.3 Å². The lowest BCUT2D eigenvalue weighted by Crippen LogP contribution is -2.47. The number of alkyl halides is 3. The first-order valence-electron chi connectivity index (χ1n) is 10.1. The maximum absolute atomic E-state index is 13.1. The number of Topliss-reactive ketones (excluding diaryl/α,β-unsaturated/α-hetero) is 1. The van der Waals surface area contributed by atoms with Gasteiger partial charge in [-0.3, -0.25) is 9.69 Å². The number of halogens is 3. The summed E-state index contributed by atoms with van der Waals surface area (Å²) in [5, 5.41) is 2.86. The smallest absolute Gasteiger partial charge is 0.406 e. The van der Waals surface area contributed by atoms with Crippen LogP contribution in [0, 0.1) is 6.92 Å². The fourth-order valence-electron chi connectivity index (χ4n) is 3.48. The fraction of sp³-hybridized carbons (Fsp3) is 0.409. The Morgan fingerprint density at radius 3 is 2.66 bits per heavy atom. The van der Waals surface area contributed by atoms with Crippen molar-refractivity contribution in [3.63, 3.8) is 0 Å². The molecule has 172 valence electrons. The van der Waals surface area contributed by atoms with E-state index in [1.165, 1.54) is 29.2 Å². The van der Waals surface area contributed by atoms with Crippen molar-refractivity contribution in [3.05, 3.63) is 53.2 Å². The number of ether oxygens (including phenoxy) is 2. The van der Waals surface area contributed by atoms with Gasteiger partial charge in [0.2, 0.25) is 0 Å². The molecule has 1 atom stereocenters. The molecule has 0 bridgehead atoms. The minimum Gasteiger partial charge on any atom is -0.406 e. The van der Waals surface area contributed by atoms with Crippen LogP contribution in [-0.2, 0) is 16.0 Å². The van der Waals surface area contributed by atoms with Crippen molar-refractivity contribution < 1.29 is 32.2 Å². The summed E-state index contributed by atoms with van der Waals surface area (Å²) in [7, 11) is 0. The summed E-state index contributed by atoms with van der Waals surface area (Å²) in [5.74, 6) is -0.0454. The number of benzene rings is 1. The summed E-state index contributed by atoms with van der Waals surface area (Å²) >= 11 is 0. The Bertz CT molecular complexity index is 964. The number of amides is 2. The number of anilines is 1. The molecule has 10 heteroatoms. The van der Waals surface area contributed by atoms with Crippen molar-refractivity contribution in [2.45, 2.75) is 39.1 Å². The first-order chi connectivity index (χ1) is 15.2. The van der Waals surface area contributed by atoms with E-state index in [1.54, 1.807) is 6.20 Å². The van der Waals surface area contributed by atoms with Crippen LogP contribution in [0.5, 0.6) is 5.75 Å². The quantitative estimate of drug-likeness (QED) is 0.642. The summed E-state index contributed by atoms with van der Waals surface area (Å²) in [6, 6.07) is 6.03. The van der Waals surface area contributed by atoms with Crippen LogP contribution in [0.25, 0.3) is 0 Å². The predicted octanol–water partition coefficient (Wildman–Crippen LogP) is 4.10. The average molecular weight is 451 g/mol. The van der Waals surface area contributed by atoms with Gasteiger partial charge >= 0.3 is 12.4 Å². The maximum Gasteiger partial charge on any atom is 0.573 e. The van der Waals surface area contributed by atoms with E-state index >= 15 is 0 Å². The lowest BCUT2D eigenvalue weighted by molar-refractivity contribution is -0.274. The first-order valence-corrected chi connectivity index (χ1v) is 10.1. The highest BCUT2D eigenvalue weighted by Crippen LogP contribution is 2.27. The highest BCUT2D eigenvalue weighted by molar-refractivity contribution is 6.02. The number of aromatic nitrogens is 1. The van der Waals surface area contributed by atoms with Crippen LogP contribution >= 0.6 is 0 Å². The van der Waals surface area contributed by atoms with E-state index in [0.29, 0.717) is 36.6 Å². The molecule has 1 N–H and O–H groups in total. The van der Waals surface area contributed by atoms with Crippen LogP contribution in [0.4, 0.5) is 23.8 Å². The number of pyridine rings is 1. The minimum atomic E-state index is -4.79. The topological polar surface area (TPSA) is 80.8 Å². The Labute approximate surface area is 183 Å². The number of fused-ring (bicyclic) bond motifs is 1. The van der Waals surface area contributed by atoms with Gasteiger partial charge in [-0.05, 0) is 43.5 Å². The molecule has 7 nitrogen and oxygen atoms in total. The van der Waals surface area contributed by atoms with Gasteiger partial charge in [-0.25, -0.2) is 9.78 Å². The lowest BCUT2D eigenvalue weighted by Gasteiger charge is -2.30. The summed E-state index contributed by atoms with van der Waals surface area (Å²) in [4.78, 5) is 30.9. The number of nitrogens with zero attached hydrogens (tertiary/aromatic N) is 2. The molecule has 0 saturated heterocycles. The number of hydrogen-bond donors (Lipinski definition) is 1. The van der Waals surface area contributed by atoms with Crippen molar-refractivity contribution in [2.24, 2.45) is 0 Å². The van der Waals surface area contributed by atoms with Crippen LogP contribution in [0.15, 0.2) is 36.5 Å². The highest BCUT2D eigenvalue weighted by atomic mass is 19.4. The number of carbonyl (C=O) groups is 2. The molecule has 32 heavy (non-hydrogen) atoms. The van der Waals surface area contributed by atoms with Gasteiger partial charge < -0.3 is 14.8 Å². The molecular weight excluding hydrogens is 427 g/mol.